The van der Waals surface area contributed by atoms with Crippen LogP contribution in [0.2, 0.25) is 19.6 Å². The molecule has 1 rings (SSSR count). The molecule has 4 N–H and O–H groups in total. The van der Waals surface area contributed by atoms with E-state index in [1.165, 1.54) is 0 Å². The summed E-state index contributed by atoms with van der Waals surface area (Å²) in [5, 5.41) is -0.332. The van der Waals surface area contributed by atoms with Crippen LogP contribution in [0.4, 0.5) is 0 Å². The number of hydrazine groups is 1. The minimum absolute atomic E-state index is 0. The molecular weight excluding hydrogens is 287 g/mol. The molecule has 6 heteroatoms. The molecule has 0 aliphatic rings. The summed E-state index contributed by atoms with van der Waals surface area (Å²) in [6.45, 7) is 8.80. The Kier molecular flexibility index (Phi) is 9.60. The molecule has 0 aliphatic carbocycles. The van der Waals surface area contributed by atoms with E-state index in [1.54, 1.807) is 0 Å². The number of hydrogen-bond donors (Lipinski definition) is 2. The molecule has 0 aromatic heterocycles. The fourth-order valence-corrected chi connectivity index (χ4v) is 3.44. The SMILES string of the molecule is Cc1cccc(C[Si](C)(C)C)c1C(=O)Cl.Cl.NN. The Hall–Kier alpha value is -0.393. The van der Waals surface area contributed by atoms with Gasteiger partial charge in [0.25, 0.3) is 5.24 Å². The molecule has 0 saturated heterocycles. The lowest BCUT2D eigenvalue weighted by Gasteiger charge is -2.18. The molecule has 0 fully saturated rings. The molecule has 1 aromatic rings. The second-order valence-corrected chi connectivity index (χ2v) is 10.9. The van der Waals surface area contributed by atoms with Gasteiger partial charge in [-0.2, -0.15) is 0 Å². The van der Waals surface area contributed by atoms with Crippen LogP contribution in [0.1, 0.15) is 21.5 Å². The summed E-state index contributed by atoms with van der Waals surface area (Å²) in [4.78, 5) is 11.4. The fourth-order valence-electron chi connectivity index (χ4n) is 1.73. The number of nitrogens with two attached hydrogens (primary N) is 2. The molecule has 0 aliphatic heterocycles. The minimum atomic E-state index is -1.21. The van der Waals surface area contributed by atoms with E-state index in [2.05, 4.69) is 31.3 Å². The summed E-state index contributed by atoms with van der Waals surface area (Å²) < 4.78 is 0. The average Bonchev–Trinajstić information content (AvgIpc) is 2.17. The summed E-state index contributed by atoms with van der Waals surface area (Å²) >= 11 is 5.62. The number of carbonyl (C=O) groups excluding carboxylic acids is 1. The first-order valence-electron chi connectivity index (χ1n) is 5.43. The first kappa shape index (κ1) is 19.9. The van der Waals surface area contributed by atoms with Crippen LogP contribution in [0.25, 0.3) is 0 Å². The van der Waals surface area contributed by atoms with Gasteiger partial charge in [0, 0.05) is 13.6 Å². The molecule has 0 bridgehead atoms. The first-order valence-corrected chi connectivity index (χ1v) is 9.51. The average molecular weight is 309 g/mol. The summed E-state index contributed by atoms with van der Waals surface area (Å²) in [5.74, 6) is 8.00. The van der Waals surface area contributed by atoms with Gasteiger partial charge in [0.05, 0.1) is 0 Å². The molecule has 3 nitrogen and oxygen atoms in total. The molecule has 104 valence electrons. The van der Waals surface area contributed by atoms with Crippen LogP contribution >= 0.6 is 24.0 Å². The Morgan fingerprint density at radius 2 is 1.78 bits per heavy atom. The zero-order valence-corrected chi connectivity index (χ0v) is 13.9. The van der Waals surface area contributed by atoms with Gasteiger partial charge in [-0.1, -0.05) is 37.8 Å². The summed E-state index contributed by atoms with van der Waals surface area (Å²) in [5.41, 5.74) is 2.79. The van der Waals surface area contributed by atoms with Gasteiger partial charge in [0.2, 0.25) is 0 Å². The number of carbonyl (C=O) groups is 1. The third-order valence-corrected chi connectivity index (χ3v) is 3.91. The zero-order chi connectivity index (χ0) is 13.6. The summed E-state index contributed by atoms with van der Waals surface area (Å²) in [6, 6.07) is 6.95. The number of benzene rings is 1. The van der Waals surface area contributed by atoms with Crippen LogP contribution < -0.4 is 11.7 Å². The van der Waals surface area contributed by atoms with Gasteiger partial charge < -0.3 is 0 Å². The Labute approximate surface area is 121 Å². The van der Waals surface area contributed by atoms with Crippen molar-refractivity contribution in [2.24, 2.45) is 11.7 Å². The molecule has 0 unspecified atom stereocenters. The number of halogens is 2. The second-order valence-electron chi connectivity index (χ2n) is 5.12. The zero-order valence-electron chi connectivity index (χ0n) is 11.3. The standard InChI is InChI=1S/C12H17ClOSi.ClH.H4N2/c1-9-6-5-7-10(8-15(2,3)4)11(9)12(13)14;;1-2/h5-7H,8H2,1-4H3;1H;1-2H2. The third kappa shape index (κ3) is 6.52. The number of rotatable bonds is 3. The highest BCUT2D eigenvalue weighted by Gasteiger charge is 2.19. The topological polar surface area (TPSA) is 69.1 Å². The van der Waals surface area contributed by atoms with Gasteiger partial charge in [-0.05, 0) is 35.7 Å². The molecular formula is C12H22Cl2N2OSi. The molecule has 0 atom stereocenters. The largest absolute Gasteiger partial charge is 0.276 e. The highest BCUT2D eigenvalue weighted by atomic mass is 35.5. The van der Waals surface area contributed by atoms with Crippen molar-refractivity contribution in [3.63, 3.8) is 0 Å². The van der Waals surface area contributed by atoms with Crippen molar-refractivity contribution in [1.29, 1.82) is 0 Å². The molecule has 18 heavy (non-hydrogen) atoms. The number of aryl methyl sites for hydroxylation is 1. The highest BCUT2D eigenvalue weighted by Crippen LogP contribution is 2.20. The van der Waals surface area contributed by atoms with Crippen molar-refractivity contribution < 1.29 is 4.79 Å². The molecule has 0 heterocycles. The maximum absolute atomic E-state index is 11.4. The van der Waals surface area contributed by atoms with E-state index in [9.17, 15) is 4.79 Å². The smallest absolute Gasteiger partial charge is 0.252 e. The maximum Gasteiger partial charge on any atom is 0.252 e. The predicted octanol–water partition coefficient (Wildman–Crippen LogP) is 3.03. The van der Waals surface area contributed by atoms with E-state index in [0.717, 1.165) is 17.2 Å². The Bertz CT molecular complexity index is 392. The van der Waals surface area contributed by atoms with Crippen molar-refractivity contribution in [2.75, 3.05) is 0 Å². The summed E-state index contributed by atoms with van der Waals surface area (Å²) in [7, 11) is -1.21. The first-order chi connectivity index (χ1) is 7.81. The van der Waals surface area contributed by atoms with Crippen LogP contribution in [-0.2, 0) is 6.04 Å². The van der Waals surface area contributed by atoms with Crippen LogP contribution in [0, 0.1) is 6.92 Å². The van der Waals surface area contributed by atoms with Gasteiger partial charge in [0.1, 0.15) is 0 Å². The van der Waals surface area contributed by atoms with Crippen molar-refractivity contribution in [3.8, 4) is 0 Å². The lowest BCUT2D eigenvalue weighted by molar-refractivity contribution is 0.108. The van der Waals surface area contributed by atoms with E-state index in [4.69, 9.17) is 11.6 Å². The van der Waals surface area contributed by atoms with Crippen LogP contribution in [-0.4, -0.2) is 13.3 Å². The van der Waals surface area contributed by atoms with Gasteiger partial charge in [-0.3, -0.25) is 16.5 Å². The minimum Gasteiger partial charge on any atom is -0.276 e. The molecule has 0 amide bonds. The van der Waals surface area contributed by atoms with Crippen molar-refractivity contribution >= 4 is 37.3 Å². The van der Waals surface area contributed by atoms with E-state index >= 15 is 0 Å². The van der Waals surface area contributed by atoms with Gasteiger partial charge >= 0.3 is 0 Å². The van der Waals surface area contributed by atoms with E-state index in [-0.39, 0.29) is 17.6 Å². The van der Waals surface area contributed by atoms with Gasteiger partial charge in [-0.25, -0.2) is 0 Å². The lowest BCUT2D eigenvalue weighted by atomic mass is 10.0. The fraction of sp³-hybridized carbons (Fsp3) is 0.417. The Morgan fingerprint density at radius 1 is 1.28 bits per heavy atom. The quantitative estimate of drug-likeness (QED) is 0.390. The second kappa shape index (κ2) is 8.66. The molecule has 1 aromatic carbocycles. The molecule has 0 saturated carbocycles. The van der Waals surface area contributed by atoms with Crippen LogP contribution in [0.5, 0.6) is 0 Å². The number of hydrogen-bond acceptors (Lipinski definition) is 3. The van der Waals surface area contributed by atoms with Crippen molar-refractivity contribution in [1.82, 2.24) is 0 Å². The van der Waals surface area contributed by atoms with E-state index in [1.807, 2.05) is 25.1 Å². The maximum atomic E-state index is 11.4. The molecule has 0 spiro atoms. The summed E-state index contributed by atoms with van der Waals surface area (Å²) in [6.07, 6.45) is 0. The van der Waals surface area contributed by atoms with E-state index < -0.39 is 8.07 Å². The monoisotopic (exact) mass is 308 g/mol. The van der Waals surface area contributed by atoms with Crippen molar-refractivity contribution in [2.45, 2.75) is 32.6 Å². The van der Waals surface area contributed by atoms with Crippen molar-refractivity contribution in [3.05, 3.63) is 34.9 Å². The van der Waals surface area contributed by atoms with Gasteiger partial charge in [0.15, 0.2) is 0 Å². The van der Waals surface area contributed by atoms with Gasteiger partial charge in [-0.15, -0.1) is 12.4 Å². The van der Waals surface area contributed by atoms with E-state index in [0.29, 0.717) is 5.56 Å². The highest BCUT2D eigenvalue weighted by molar-refractivity contribution is 6.75. The normalized spacial score (nSPS) is 9.94. The molecule has 0 radical (unpaired) electrons. The van der Waals surface area contributed by atoms with Crippen LogP contribution in [0.15, 0.2) is 18.2 Å². The lowest BCUT2D eigenvalue weighted by Crippen LogP contribution is -2.25. The third-order valence-electron chi connectivity index (χ3n) is 2.28. The Morgan fingerprint density at radius 3 is 2.17 bits per heavy atom. The Balaban J connectivity index is 0. The van der Waals surface area contributed by atoms with Crippen LogP contribution in [0.3, 0.4) is 0 Å². The predicted molar refractivity (Wildman–Crippen MR) is 84.0 cm³/mol.